The first kappa shape index (κ1) is 18.6. The Morgan fingerprint density at radius 3 is 2.22 bits per heavy atom. The topological polar surface area (TPSA) is 15.3 Å². The highest BCUT2D eigenvalue weighted by Crippen LogP contribution is 2.28. The largest absolute Gasteiger partial charge is 0.317 e. The third-order valence-corrected chi connectivity index (χ3v) is 5.22. The molecule has 0 radical (unpaired) electrons. The van der Waals surface area contributed by atoms with E-state index in [9.17, 15) is 8.78 Å². The molecular formula is C18H27ClF2N2. The molecule has 1 aliphatic carbocycles. The van der Waals surface area contributed by atoms with Crippen molar-refractivity contribution >= 4 is 12.4 Å². The van der Waals surface area contributed by atoms with Crippen LogP contribution in [0.5, 0.6) is 0 Å². The van der Waals surface area contributed by atoms with Crippen molar-refractivity contribution in [2.24, 2.45) is 5.92 Å². The van der Waals surface area contributed by atoms with Crippen molar-refractivity contribution < 1.29 is 8.78 Å². The van der Waals surface area contributed by atoms with Crippen LogP contribution in [0.15, 0.2) is 18.2 Å². The van der Waals surface area contributed by atoms with Crippen LogP contribution in [0, 0.1) is 17.6 Å². The smallest absolute Gasteiger partial charge is 0.130 e. The third-order valence-electron chi connectivity index (χ3n) is 5.22. The van der Waals surface area contributed by atoms with Gasteiger partial charge in [0.25, 0.3) is 0 Å². The SMILES string of the molecule is Cl.Fc1cccc(F)c1CN(CC1CCNCC1)C1CCCC1. The maximum atomic E-state index is 14.0. The van der Waals surface area contributed by atoms with Gasteiger partial charge in [0, 0.05) is 24.7 Å². The molecule has 0 unspecified atom stereocenters. The lowest BCUT2D eigenvalue weighted by atomic mass is 9.96. The van der Waals surface area contributed by atoms with Gasteiger partial charge in [0.1, 0.15) is 11.6 Å². The van der Waals surface area contributed by atoms with E-state index in [1.165, 1.54) is 56.7 Å². The van der Waals surface area contributed by atoms with E-state index in [0.717, 1.165) is 19.6 Å². The molecule has 1 aliphatic heterocycles. The van der Waals surface area contributed by atoms with Crippen LogP contribution >= 0.6 is 12.4 Å². The summed E-state index contributed by atoms with van der Waals surface area (Å²) < 4.78 is 28.0. The Hall–Kier alpha value is -0.710. The second kappa shape index (κ2) is 8.95. The van der Waals surface area contributed by atoms with E-state index in [1.54, 1.807) is 0 Å². The zero-order valence-electron chi connectivity index (χ0n) is 13.6. The van der Waals surface area contributed by atoms with Crippen molar-refractivity contribution in [1.82, 2.24) is 10.2 Å². The van der Waals surface area contributed by atoms with E-state index >= 15 is 0 Å². The van der Waals surface area contributed by atoms with E-state index in [2.05, 4.69) is 10.2 Å². The number of piperidine rings is 1. The van der Waals surface area contributed by atoms with Crippen LogP contribution in [-0.2, 0) is 6.54 Å². The molecule has 0 aromatic heterocycles. The first-order valence-electron chi connectivity index (χ1n) is 8.61. The van der Waals surface area contributed by atoms with E-state index in [4.69, 9.17) is 0 Å². The predicted molar refractivity (Wildman–Crippen MR) is 91.9 cm³/mol. The number of halogens is 3. The molecule has 1 heterocycles. The molecular weight excluding hydrogens is 318 g/mol. The molecule has 1 aromatic rings. The molecule has 2 aliphatic rings. The minimum Gasteiger partial charge on any atom is -0.317 e. The second-order valence-electron chi connectivity index (χ2n) is 6.76. The summed E-state index contributed by atoms with van der Waals surface area (Å²) in [6, 6.07) is 4.68. The van der Waals surface area contributed by atoms with Crippen LogP contribution in [0.2, 0.25) is 0 Å². The fourth-order valence-electron chi connectivity index (χ4n) is 3.89. The highest BCUT2D eigenvalue weighted by atomic mass is 35.5. The number of nitrogens with zero attached hydrogens (tertiary/aromatic N) is 1. The standard InChI is InChI=1S/C18H26F2N2.ClH/c19-17-6-3-7-18(20)16(17)13-22(15-4-1-2-5-15)12-14-8-10-21-11-9-14;/h3,6-7,14-15,21H,1-2,4-5,8-13H2;1H. The second-order valence-corrected chi connectivity index (χ2v) is 6.76. The van der Waals surface area contributed by atoms with Crippen LogP contribution in [0.4, 0.5) is 8.78 Å². The molecule has 1 N–H and O–H groups in total. The van der Waals surface area contributed by atoms with Gasteiger partial charge in [-0.3, -0.25) is 4.90 Å². The fourth-order valence-corrected chi connectivity index (χ4v) is 3.89. The van der Waals surface area contributed by atoms with Gasteiger partial charge in [-0.05, 0) is 56.8 Å². The molecule has 0 bridgehead atoms. The lowest BCUT2D eigenvalue weighted by Crippen LogP contribution is -2.40. The Morgan fingerprint density at radius 2 is 1.61 bits per heavy atom. The summed E-state index contributed by atoms with van der Waals surface area (Å²) in [5, 5.41) is 3.39. The van der Waals surface area contributed by atoms with E-state index in [-0.39, 0.29) is 18.0 Å². The zero-order valence-corrected chi connectivity index (χ0v) is 14.4. The molecule has 130 valence electrons. The van der Waals surface area contributed by atoms with Gasteiger partial charge in [-0.1, -0.05) is 18.9 Å². The summed E-state index contributed by atoms with van der Waals surface area (Å²) in [5.74, 6) is -0.168. The lowest BCUT2D eigenvalue weighted by Gasteiger charge is -2.34. The number of hydrogen-bond donors (Lipinski definition) is 1. The van der Waals surface area contributed by atoms with Gasteiger partial charge >= 0.3 is 0 Å². The monoisotopic (exact) mass is 344 g/mol. The van der Waals surface area contributed by atoms with Crippen molar-refractivity contribution in [1.29, 1.82) is 0 Å². The molecule has 0 atom stereocenters. The van der Waals surface area contributed by atoms with Crippen molar-refractivity contribution in [2.45, 2.75) is 51.1 Å². The highest BCUT2D eigenvalue weighted by molar-refractivity contribution is 5.85. The van der Waals surface area contributed by atoms with Crippen LogP contribution in [0.3, 0.4) is 0 Å². The molecule has 1 saturated carbocycles. The molecule has 23 heavy (non-hydrogen) atoms. The average molecular weight is 345 g/mol. The fraction of sp³-hybridized carbons (Fsp3) is 0.667. The van der Waals surface area contributed by atoms with Crippen molar-refractivity contribution in [2.75, 3.05) is 19.6 Å². The quantitative estimate of drug-likeness (QED) is 0.864. The van der Waals surface area contributed by atoms with Gasteiger partial charge in [-0.25, -0.2) is 8.78 Å². The summed E-state index contributed by atoms with van der Waals surface area (Å²) in [7, 11) is 0. The number of nitrogens with one attached hydrogen (secondary N) is 1. The van der Waals surface area contributed by atoms with Crippen molar-refractivity contribution in [3.05, 3.63) is 35.4 Å². The normalized spacial score (nSPS) is 20.0. The lowest BCUT2D eigenvalue weighted by molar-refractivity contribution is 0.142. The molecule has 1 aromatic carbocycles. The molecule has 0 spiro atoms. The Morgan fingerprint density at radius 1 is 1.00 bits per heavy atom. The Kier molecular flexibility index (Phi) is 7.25. The van der Waals surface area contributed by atoms with Crippen LogP contribution < -0.4 is 5.32 Å². The maximum Gasteiger partial charge on any atom is 0.130 e. The summed E-state index contributed by atoms with van der Waals surface area (Å²) in [5.41, 5.74) is 0.239. The molecule has 5 heteroatoms. The van der Waals surface area contributed by atoms with Crippen LogP contribution in [0.25, 0.3) is 0 Å². The van der Waals surface area contributed by atoms with Crippen molar-refractivity contribution in [3.63, 3.8) is 0 Å². The van der Waals surface area contributed by atoms with E-state index < -0.39 is 11.6 Å². The maximum absolute atomic E-state index is 14.0. The highest BCUT2D eigenvalue weighted by Gasteiger charge is 2.27. The summed E-state index contributed by atoms with van der Waals surface area (Å²) >= 11 is 0. The number of hydrogen-bond acceptors (Lipinski definition) is 2. The minimum absolute atomic E-state index is 0. The number of benzene rings is 1. The summed E-state index contributed by atoms with van der Waals surface area (Å²) in [4.78, 5) is 2.35. The van der Waals surface area contributed by atoms with Gasteiger partial charge in [-0.15, -0.1) is 12.4 Å². The molecule has 1 saturated heterocycles. The minimum atomic E-state index is -0.409. The molecule has 3 rings (SSSR count). The van der Waals surface area contributed by atoms with Crippen molar-refractivity contribution in [3.8, 4) is 0 Å². The Balaban J connectivity index is 0.00000192. The first-order chi connectivity index (χ1) is 10.7. The molecule has 0 amide bonds. The van der Waals surface area contributed by atoms with Gasteiger partial charge in [0.2, 0.25) is 0 Å². The van der Waals surface area contributed by atoms with Gasteiger partial charge in [-0.2, -0.15) is 0 Å². The number of rotatable bonds is 5. The van der Waals surface area contributed by atoms with Crippen LogP contribution in [-0.4, -0.2) is 30.6 Å². The molecule has 2 nitrogen and oxygen atoms in total. The molecule has 2 fully saturated rings. The van der Waals surface area contributed by atoms with E-state index in [0.29, 0.717) is 18.5 Å². The van der Waals surface area contributed by atoms with Gasteiger partial charge in [0.15, 0.2) is 0 Å². The Labute approximate surface area is 144 Å². The van der Waals surface area contributed by atoms with E-state index in [1.807, 2.05) is 0 Å². The zero-order chi connectivity index (χ0) is 15.4. The Bertz CT molecular complexity index is 466. The third kappa shape index (κ3) is 4.88. The first-order valence-corrected chi connectivity index (χ1v) is 8.61. The summed E-state index contributed by atoms with van der Waals surface area (Å²) in [6.07, 6.45) is 7.16. The predicted octanol–water partition coefficient (Wildman–Crippen LogP) is 4.13. The van der Waals surface area contributed by atoms with Gasteiger partial charge in [0.05, 0.1) is 0 Å². The summed E-state index contributed by atoms with van der Waals surface area (Å²) in [6.45, 7) is 3.52. The van der Waals surface area contributed by atoms with Crippen LogP contribution in [0.1, 0.15) is 44.1 Å². The average Bonchev–Trinajstić information content (AvgIpc) is 3.05. The van der Waals surface area contributed by atoms with Gasteiger partial charge < -0.3 is 5.32 Å².